The molecule has 1 aromatic rings. The highest BCUT2D eigenvalue weighted by Crippen LogP contribution is 2.18. The van der Waals surface area contributed by atoms with E-state index in [1.54, 1.807) is 0 Å². The van der Waals surface area contributed by atoms with E-state index in [9.17, 15) is 0 Å². The molecule has 6 nitrogen and oxygen atoms in total. The molecule has 2 rings (SSSR count). The Morgan fingerprint density at radius 3 is 2.61 bits per heavy atom. The summed E-state index contributed by atoms with van der Waals surface area (Å²) in [6.45, 7) is 13.1. The lowest BCUT2D eigenvalue weighted by Crippen LogP contribution is -2.42. The van der Waals surface area contributed by atoms with Gasteiger partial charge in [0, 0.05) is 67.3 Å². The van der Waals surface area contributed by atoms with E-state index in [1.165, 1.54) is 5.70 Å². The van der Waals surface area contributed by atoms with Crippen LogP contribution in [0.5, 0.6) is 0 Å². The van der Waals surface area contributed by atoms with Gasteiger partial charge in [0.1, 0.15) is 6.67 Å². The molecule has 0 radical (unpaired) electrons. The predicted molar refractivity (Wildman–Crippen MR) is 144 cm³/mol. The number of nitrogen functional groups attached to an aromatic ring is 1. The second-order valence-electron chi connectivity index (χ2n) is 8.14. The third-order valence-electron chi connectivity index (χ3n) is 5.85. The van der Waals surface area contributed by atoms with E-state index in [0.717, 1.165) is 79.4 Å². The number of anilines is 1. The molecule has 1 aliphatic heterocycles. The van der Waals surface area contributed by atoms with Crippen molar-refractivity contribution in [2.75, 3.05) is 45.6 Å². The summed E-state index contributed by atoms with van der Waals surface area (Å²) in [5, 5.41) is 6.90. The Labute approximate surface area is 200 Å². The fraction of sp³-hybridized carbons (Fsp3) is 0.481. The molecule has 0 aromatic heterocycles. The lowest BCUT2D eigenvalue weighted by atomic mass is 10.0. The van der Waals surface area contributed by atoms with Crippen LogP contribution in [0.25, 0.3) is 0 Å². The molecule has 4 N–H and O–H groups in total. The van der Waals surface area contributed by atoms with Crippen LogP contribution < -0.4 is 16.4 Å². The van der Waals surface area contributed by atoms with Gasteiger partial charge < -0.3 is 21.3 Å². The molecule has 0 aliphatic carbocycles. The highest BCUT2D eigenvalue weighted by molar-refractivity contribution is 6.07. The number of aliphatic imine (C=N–C) groups is 2. The van der Waals surface area contributed by atoms with Crippen LogP contribution in [0.4, 0.5) is 5.69 Å². The molecule has 1 aliphatic rings. The van der Waals surface area contributed by atoms with Crippen LogP contribution in [0.1, 0.15) is 58.1 Å². The van der Waals surface area contributed by atoms with Crippen LogP contribution in [0.2, 0.25) is 0 Å². The minimum absolute atomic E-state index is 0.521. The molecular weight excluding hydrogens is 408 g/mol. The van der Waals surface area contributed by atoms with Crippen molar-refractivity contribution in [3.63, 3.8) is 0 Å². The summed E-state index contributed by atoms with van der Waals surface area (Å²) >= 11 is 0. The van der Waals surface area contributed by atoms with E-state index >= 15 is 0 Å². The zero-order valence-electron chi connectivity index (χ0n) is 21.1. The zero-order valence-corrected chi connectivity index (χ0v) is 21.1. The monoisotopic (exact) mass is 450 g/mol. The van der Waals surface area contributed by atoms with Gasteiger partial charge in [0.2, 0.25) is 0 Å². The molecule has 0 amide bonds. The van der Waals surface area contributed by atoms with Crippen molar-refractivity contribution >= 4 is 17.1 Å². The first-order valence-corrected chi connectivity index (χ1v) is 12.1. The maximum atomic E-state index is 6.19. The number of hydrogen-bond acceptors (Lipinski definition) is 6. The van der Waals surface area contributed by atoms with Crippen molar-refractivity contribution in [2.24, 2.45) is 9.98 Å². The van der Waals surface area contributed by atoms with Crippen molar-refractivity contribution in [3.05, 3.63) is 65.0 Å². The smallest absolute Gasteiger partial charge is 0.108 e. The van der Waals surface area contributed by atoms with Crippen LogP contribution in [0, 0.1) is 0 Å². The van der Waals surface area contributed by atoms with Crippen LogP contribution >= 0.6 is 0 Å². The van der Waals surface area contributed by atoms with Gasteiger partial charge in [-0.05, 0) is 56.5 Å². The van der Waals surface area contributed by atoms with E-state index < -0.39 is 0 Å². The van der Waals surface area contributed by atoms with Crippen molar-refractivity contribution in [1.29, 1.82) is 0 Å². The molecule has 0 saturated carbocycles. The summed E-state index contributed by atoms with van der Waals surface area (Å²) in [5.41, 5.74) is 13.4. The predicted octanol–water partition coefficient (Wildman–Crippen LogP) is 4.50. The molecule has 6 heteroatoms. The Bertz CT molecular complexity index is 901. The van der Waals surface area contributed by atoms with E-state index in [4.69, 9.17) is 10.7 Å². The molecule has 1 fully saturated rings. The summed E-state index contributed by atoms with van der Waals surface area (Å²) in [5.74, 6) is 0. The van der Waals surface area contributed by atoms with Crippen LogP contribution in [-0.4, -0.2) is 56.2 Å². The second kappa shape index (κ2) is 14.3. The lowest BCUT2D eigenvalue weighted by molar-refractivity contribution is 0.307. The van der Waals surface area contributed by atoms with Crippen molar-refractivity contribution < 1.29 is 0 Å². The van der Waals surface area contributed by atoms with Crippen LogP contribution in [-0.2, 0) is 0 Å². The minimum atomic E-state index is 0.521. The Morgan fingerprint density at radius 2 is 1.97 bits per heavy atom. The molecule has 1 heterocycles. The number of piperazine rings is 1. The van der Waals surface area contributed by atoms with Gasteiger partial charge in [-0.25, -0.2) is 0 Å². The van der Waals surface area contributed by atoms with Crippen LogP contribution in [0.15, 0.2) is 63.9 Å². The average molecular weight is 451 g/mol. The number of allylic oxidation sites excluding steroid dienone is 4. The van der Waals surface area contributed by atoms with E-state index in [0.29, 0.717) is 6.67 Å². The quantitative estimate of drug-likeness (QED) is 0.263. The lowest BCUT2D eigenvalue weighted by Gasteiger charge is -2.30. The summed E-state index contributed by atoms with van der Waals surface area (Å²) in [6, 6.07) is 6.07. The van der Waals surface area contributed by atoms with Crippen LogP contribution in [0.3, 0.4) is 0 Å². The number of nitrogens with zero attached hydrogens (tertiary/aromatic N) is 3. The Kier molecular flexibility index (Phi) is 11.5. The SMILES string of the molecule is C\C=C(/C=C\C(=C\CCC)NCN=C(C)c1ccc(N)c(C(CC)=NC)c1)N1CCNCC1. The maximum Gasteiger partial charge on any atom is 0.108 e. The fourth-order valence-electron chi connectivity index (χ4n) is 3.82. The molecule has 0 atom stereocenters. The topological polar surface area (TPSA) is 78.0 Å². The van der Waals surface area contributed by atoms with Crippen molar-refractivity contribution in [3.8, 4) is 0 Å². The molecule has 0 bridgehead atoms. The molecule has 180 valence electrons. The van der Waals surface area contributed by atoms with Crippen molar-refractivity contribution in [1.82, 2.24) is 15.5 Å². The largest absolute Gasteiger partial charge is 0.398 e. The molecule has 0 unspecified atom stereocenters. The first-order chi connectivity index (χ1) is 16.0. The molecule has 1 aromatic carbocycles. The van der Waals surface area contributed by atoms with Gasteiger partial charge in [-0.15, -0.1) is 0 Å². The molecular formula is C27H42N6. The average Bonchev–Trinajstić information content (AvgIpc) is 2.84. The number of nitrogens with two attached hydrogens (primary N) is 1. The van der Waals surface area contributed by atoms with E-state index in [-0.39, 0.29) is 0 Å². The number of hydrogen-bond donors (Lipinski definition) is 3. The van der Waals surface area contributed by atoms with Gasteiger partial charge in [0.05, 0.1) is 0 Å². The first-order valence-electron chi connectivity index (χ1n) is 12.1. The van der Waals surface area contributed by atoms with Gasteiger partial charge in [0.25, 0.3) is 0 Å². The number of rotatable bonds is 11. The summed E-state index contributed by atoms with van der Waals surface area (Å²) < 4.78 is 0. The van der Waals surface area contributed by atoms with Gasteiger partial charge in [-0.2, -0.15) is 0 Å². The number of nitrogens with one attached hydrogen (secondary N) is 2. The van der Waals surface area contributed by atoms with E-state index in [2.05, 4.69) is 71.7 Å². The Balaban J connectivity index is 2.09. The summed E-state index contributed by atoms with van der Waals surface area (Å²) in [7, 11) is 1.81. The van der Waals surface area contributed by atoms with Crippen molar-refractivity contribution in [2.45, 2.75) is 47.0 Å². The van der Waals surface area contributed by atoms with Gasteiger partial charge >= 0.3 is 0 Å². The maximum absolute atomic E-state index is 6.19. The third kappa shape index (κ3) is 8.21. The third-order valence-corrected chi connectivity index (χ3v) is 5.85. The normalized spacial score (nSPS) is 16.6. The number of unbranched alkanes of at least 4 members (excludes halogenated alkanes) is 1. The van der Waals surface area contributed by atoms with Gasteiger partial charge in [0.15, 0.2) is 0 Å². The summed E-state index contributed by atoms with van der Waals surface area (Å²) in [6.07, 6.45) is 11.8. The second-order valence-corrected chi connectivity index (χ2v) is 8.14. The molecule has 0 spiro atoms. The Hall–Kier alpha value is -2.86. The minimum Gasteiger partial charge on any atom is -0.398 e. The highest BCUT2D eigenvalue weighted by atomic mass is 15.2. The van der Waals surface area contributed by atoms with Gasteiger partial charge in [-0.3, -0.25) is 9.98 Å². The highest BCUT2D eigenvalue weighted by Gasteiger charge is 2.10. The van der Waals surface area contributed by atoms with E-state index in [1.807, 2.05) is 26.1 Å². The standard InChI is InChI=1S/C27H42N6/c1-6-9-10-23(12-13-24(7-2)33-17-15-30-16-18-33)32-20-31-21(4)22-11-14-26(28)25(19-22)27(8-3)29-5/h7,10-14,19,30,32H,6,8-9,15-18,20,28H2,1-5H3/b13-12-,23-10-,24-7+,29-27?,31-21?. The molecule has 1 saturated heterocycles. The molecule has 33 heavy (non-hydrogen) atoms. The zero-order chi connectivity index (χ0) is 24.1. The number of benzene rings is 1. The summed E-state index contributed by atoms with van der Waals surface area (Å²) in [4.78, 5) is 11.6. The first kappa shape index (κ1) is 26.4. The fourth-order valence-corrected chi connectivity index (χ4v) is 3.82. The van der Waals surface area contributed by atoms with Gasteiger partial charge in [-0.1, -0.05) is 38.5 Å². The Morgan fingerprint density at radius 1 is 1.21 bits per heavy atom.